The lowest BCUT2D eigenvalue weighted by atomic mass is 9.87. The van der Waals surface area contributed by atoms with Gasteiger partial charge in [0.15, 0.2) is 0 Å². The zero-order valence-corrected chi connectivity index (χ0v) is 15.8. The van der Waals surface area contributed by atoms with Crippen LogP contribution in [0.25, 0.3) is 0 Å². The second kappa shape index (κ2) is 7.14. The minimum absolute atomic E-state index is 0.0736. The topological polar surface area (TPSA) is 56.8 Å². The van der Waals surface area contributed by atoms with Crippen molar-refractivity contribution < 1.29 is 9.53 Å². The zero-order chi connectivity index (χ0) is 17.4. The van der Waals surface area contributed by atoms with Crippen molar-refractivity contribution in [3.8, 4) is 0 Å². The van der Waals surface area contributed by atoms with Gasteiger partial charge in [-0.25, -0.2) is 0 Å². The molecule has 1 saturated carbocycles. The minimum Gasteiger partial charge on any atom is -0.373 e. The first kappa shape index (κ1) is 17.7. The van der Waals surface area contributed by atoms with E-state index < -0.39 is 0 Å². The highest BCUT2D eigenvalue weighted by Gasteiger charge is 2.44. The van der Waals surface area contributed by atoms with Crippen molar-refractivity contribution in [1.82, 2.24) is 20.4 Å². The van der Waals surface area contributed by atoms with Crippen molar-refractivity contribution >= 4 is 5.91 Å². The molecule has 3 heterocycles. The number of carbonyl (C=O) groups is 1. The summed E-state index contributed by atoms with van der Waals surface area (Å²) in [5.41, 5.74) is 0.0736. The standard InChI is InChI=1S/C19H34N4O2/c1-14-10-23(11-15(2)20-14)18(24)12-22-7-5-19(6-8-22)9-17(13-25-19)21-16-3-4-16/h14-17,20-21H,3-13H2,1-2H3. The molecule has 142 valence electrons. The third-order valence-corrected chi connectivity index (χ3v) is 6.29. The van der Waals surface area contributed by atoms with Crippen LogP contribution in [0.5, 0.6) is 0 Å². The van der Waals surface area contributed by atoms with Crippen LogP contribution in [-0.2, 0) is 9.53 Å². The summed E-state index contributed by atoms with van der Waals surface area (Å²) < 4.78 is 6.23. The molecule has 3 saturated heterocycles. The van der Waals surface area contributed by atoms with Gasteiger partial charge in [-0.3, -0.25) is 9.69 Å². The first-order valence-corrected chi connectivity index (χ1v) is 10.2. The fraction of sp³-hybridized carbons (Fsp3) is 0.947. The van der Waals surface area contributed by atoms with Crippen molar-refractivity contribution in [2.24, 2.45) is 0 Å². The molecule has 6 nitrogen and oxygen atoms in total. The molecule has 3 unspecified atom stereocenters. The molecule has 0 aromatic rings. The molecule has 0 bridgehead atoms. The molecule has 0 aromatic carbocycles. The zero-order valence-electron chi connectivity index (χ0n) is 15.8. The SMILES string of the molecule is CC1CN(C(=O)CN2CCC3(CC2)CC(NC2CC2)CO3)CC(C)N1. The maximum atomic E-state index is 12.7. The summed E-state index contributed by atoms with van der Waals surface area (Å²) in [5, 5.41) is 7.21. The molecule has 4 fully saturated rings. The van der Waals surface area contributed by atoms with Gasteiger partial charge in [0.2, 0.25) is 5.91 Å². The Morgan fingerprint density at radius 1 is 1.16 bits per heavy atom. The van der Waals surface area contributed by atoms with Gasteiger partial charge in [-0.1, -0.05) is 0 Å². The van der Waals surface area contributed by atoms with Crippen molar-refractivity contribution in [2.75, 3.05) is 39.3 Å². The lowest BCUT2D eigenvalue weighted by Crippen LogP contribution is -2.58. The quantitative estimate of drug-likeness (QED) is 0.776. The highest BCUT2D eigenvalue weighted by Crippen LogP contribution is 2.37. The smallest absolute Gasteiger partial charge is 0.236 e. The third-order valence-electron chi connectivity index (χ3n) is 6.29. The van der Waals surface area contributed by atoms with Crippen LogP contribution in [0.3, 0.4) is 0 Å². The van der Waals surface area contributed by atoms with E-state index in [-0.39, 0.29) is 11.5 Å². The lowest BCUT2D eigenvalue weighted by molar-refractivity contribution is -0.135. The van der Waals surface area contributed by atoms with Crippen molar-refractivity contribution in [3.63, 3.8) is 0 Å². The van der Waals surface area contributed by atoms with Gasteiger partial charge in [-0.15, -0.1) is 0 Å². The number of ether oxygens (including phenoxy) is 1. The Hall–Kier alpha value is -0.690. The summed E-state index contributed by atoms with van der Waals surface area (Å²) in [6.07, 6.45) is 5.96. The average Bonchev–Trinajstić information content (AvgIpc) is 3.30. The Bertz CT molecular complexity index is 478. The lowest BCUT2D eigenvalue weighted by Gasteiger charge is -2.40. The number of piperidine rings is 1. The number of carbonyl (C=O) groups excluding carboxylic acids is 1. The first-order chi connectivity index (χ1) is 12.0. The number of rotatable bonds is 4. The Kier molecular flexibility index (Phi) is 5.06. The van der Waals surface area contributed by atoms with E-state index in [1.165, 1.54) is 12.8 Å². The molecule has 3 aliphatic heterocycles. The molecule has 1 aliphatic carbocycles. The van der Waals surface area contributed by atoms with Crippen LogP contribution >= 0.6 is 0 Å². The van der Waals surface area contributed by atoms with Gasteiger partial charge in [0, 0.05) is 50.3 Å². The van der Waals surface area contributed by atoms with E-state index in [9.17, 15) is 4.79 Å². The van der Waals surface area contributed by atoms with E-state index in [0.29, 0.717) is 24.7 Å². The van der Waals surface area contributed by atoms with Crippen molar-refractivity contribution in [2.45, 2.75) is 75.7 Å². The normalized spacial score (nSPS) is 36.1. The Morgan fingerprint density at radius 3 is 2.48 bits per heavy atom. The molecular formula is C19H34N4O2. The number of hydrogen-bond donors (Lipinski definition) is 2. The van der Waals surface area contributed by atoms with E-state index in [4.69, 9.17) is 4.74 Å². The number of nitrogens with one attached hydrogen (secondary N) is 2. The second-order valence-electron chi connectivity index (χ2n) is 8.88. The van der Waals surface area contributed by atoms with Crippen LogP contribution < -0.4 is 10.6 Å². The van der Waals surface area contributed by atoms with Crippen LogP contribution in [0.4, 0.5) is 0 Å². The summed E-state index contributed by atoms with van der Waals surface area (Å²) >= 11 is 0. The van der Waals surface area contributed by atoms with E-state index >= 15 is 0 Å². The third kappa shape index (κ3) is 4.35. The Morgan fingerprint density at radius 2 is 1.84 bits per heavy atom. The van der Waals surface area contributed by atoms with Gasteiger partial charge >= 0.3 is 0 Å². The molecule has 4 rings (SSSR count). The van der Waals surface area contributed by atoms with Gasteiger partial charge in [-0.2, -0.15) is 0 Å². The fourth-order valence-corrected chi connectivity index (χ4v) is 4.82. The van der Waals surface area contributed by atoms with Crippen LogP contribution in [0.2, 0.25) is 0 Å². The maximum absolute atomic E-state index is 12.7. The highest BCUT2D eigenvalue weighted by atomic mass is 16.5. The molecule has 2 N–H and O–H groups in total. The molecule has 3 atom stereocenters. The highest BCUT2D eigenvalue weighted by molar-refractivity contribution is 5.78. The monoisotopic (exact) mass is 350 g/mol. The Balaban J connectivity index is 1.23. The number of hydrogen-bond acceptors (Lipinski definition) is 5. The number of piperazine rings is 1. The maximum Gasteiger partial charge on any atom is 0.236 e. The number of amides is 1. The largest absolute Gasteiger partial charge is 0.373 e. The van der Waals surface area contributed by atoms with Crippen LogP contribution in [0, 0.1) is 0 Å². The predicted molar refractivity (Wildman–Crippen MR) is 97.6 cm³/mol. The van der Waals surface area contributed by atoms with Crippen molar-refractivity contribution in [3.05, 3.63) is 0 Å². The first-order valence-electron chi connectivity index (χ1n) is 10.2. The molecule has 4 aliphatic rings. The molecule has 1 amide bonds. The van der Waals surface area contributed by atoms with E-state index in [2.05, 4.69) is 29.4 Å². The molecule has 1 spiro atoms. The van der Waals surface area contributed by atoms with E-state index in [1.54, 1.807) is 0 Å². The average molecular weight is 351 g/mol. The van der Waals surface area contributed by atoms with Gasteiger partial charge in [0.25, 0.3) is 0 Å². The van der Waals surface area contributed by atoms with Crippen LogP contribution in [-0.4, -0.2) is 84.8 Å². The minimum atomic E-state index is 0.0736. The molecule has 6 heteroatoms. The summed E-state index contributed by atoms with van der Waals surface area (Å²) in [6, 6.07) is 2.08. The number of likely N-dealkylation sites (tertiary alicyclic amines) is 1. The molecule has 0 radical (unpaired) electrons. The van der Waals surface area contributed by atoms with Crippen LogP contribution in [0.1, 0.15) is 46.0 Å². The number of nitrogens with zero attached hydrogens (tertiary/aromatic N) is 2. The summed E-state index contributed by atoms with van der Waals surface area (Å²) in [6.45, 7) is 9.38. The summed E-state index contributed by atoms with van der Waals surface area (Å²) in [7, 11) is 0. The Labute approximate surface area is 151 Å². The van der Waals surface area contributed by atoms with Crippen LogP contribution in [0.15, 0.2) is 0 Å². The van der Waals surface area contributed by atoms with E-state index in [1.807, 2.05) is 4.90 Å². The molecular weight excluding hydrogens is 316 g/mol. The van der Waals surface area contributed by atoms with E-state index in [0.717, 1.165) is 58.1 Å². The molecule has 25 heavy (non-hydrogen) atoms. The molecule has 0 aromatic heterocycles. The second-order valence-corrected chi connectivity index (χ2v) is 8.88. The predicted octanol–water partition coefficient (Wildman–Crippen LogP) is 0.571. The fourth-order valence-electron chi connectivity index (χ4n) is 4.82. The summed E-state index contributed by atoms with van der Waals surface area (Å²) in [4.78, 5) is 17.0. The van der Waals surface area contributed by atoms with Gasteiger partial charge in [0.05, 0.1) is 18.8 Å². The van der Waals surface area contributed by atoms with Gasteiger partial charge in [0.1, 0.15) is 0 Å². The van der Waals surface area contributed by atoms with Gasteiger partial charge in [-0.05, 0) is 46.0 Å². The summed E-state index contributed by atoms with van der Waals surface area (Å²) in [5.74, 6) is 0.289. The van der Waals surface area contributed by atoms with Gasteiger partial charge < -0.3 is 20.3 Å². The van der Waals surface area contributed by atoms with Crippen molar-refractivity contribution in [1.29, 1.82) is 0 Å².